The molecule has 4 rings (SSSR count). The van der Waals surface area contributed by atoms with Crippen LogP contribution >= 0.6 is 0 Å². The molecule has 1 aliphatic heterocycles. The third-order valence-electron chi connectivity index (χ3n) is 5.69. The summed E-state index contributed by atoms with van der Waals surface area (Å²) < 4.78 is 19.1. The number of halogens is 1. The number of benzene rings is 2. The molecule has 2 aromatic carbocycles. The number of hydrogen-bond donors (Lipinski definition) is 0. The first-order valence-corrected chi connectivity index (χ1v) is 10.1. The smallest absolute Gasteiger partial charge is 0.254 e. The largest absolute Gasteiger partial charge is 0.337 e. The summed E-state index contributed by atoms with van der Waals surface area (Å²) in [5, 5.41) is 4.12. The number of carbonyl (C=O) groups is 1. The van der Waals surface area contributed by atoms with Gasteiger partial charge in [-0.25, -0.2) is 4.39 Å². The lowest BCUT2D eigenvalue weighted by atomic mass is 10.1. The fourth-order valence-electron chi connectivity index (χ4n) is 3.69. The first-order valence-electron chi connectivity index (χ1n) is 10.1. The summed E-state index contributed by atoms with van der Waals surface area (Å²) in [5.41, 5.74) is 3.31. The van der Waals surface area contributed by atoms with Crippen LogP contribution in [-0.2, 0) is 0 Å². The van der Waals surface area contributed by atoms with Crippen molar-refractivity contribution in [1.82, 2.24) is 19.9 Å². The topological polar surface area (TPSA) is 62.5 Å². The van der Waals surface area contributed by atoms with Gasteiger partial charge in [0, 0.05) is 37.3 Å². The van der Waals surface area contributed by atoms with E-state index in [1.807, 2.05) is 45.0 Å². The van der Waals surface area contributed by atoms with E-state index >= 15 is 0 Å². The maximum absolute atomic E-state index is 13.6. The highest BCUT2D eigenvalue weighted by Crippen LogP contribution is 2.24. The maximum atomic E-state index is 13.6. The molecular formula is C23H25FN4O2. The van der Waals surface area contributed by atoms with Crippen LogP contribution in [0.5, 0.6) is 0 Å². The second kappa shape index (κ2) is 8.36. The summed E-state index contributed by atoms with van der Waals surface area (Å²) in [7, 11) is 0. The van der Waals surface area contributed by atoms with Crippen molar-refractivity contribution in [3.8, 4) is 11.4 Å². The summed E-state index contributed by atoms with van der Waals surface area (Å²) in [6, 6.07) is 12.3. The van der Waals surface area contributed by atoms with Crippen molar-refractivity contribution in [3.63, 3.8) is 0 Å². The van der Waals surface area contributed by atoms with Crippen molar-refractivity contribution >= 4 is 5.91 Å². The fraction of sp³-hybridized carbons (Fsp3) is 0.348. The Bertz CT molecular complexity index is 1040. The van der Waals surface area contributed by atoms with Crippen LogP contribution in [0.3, 0.4) is 0 Å². The third-order valence-corrected chi connectivity index (χ3v) is 5.69. The van der Waals surface area contributed by atoms with Gasteiger partial charge in [-0.05, 0) is 38.5 Å². The lowest BCUT2D eigenvalue weighted by Gasteiger charge is -2.37. The number of nitrogens with zero attached hydrogens (tertiary/aromatic N) is 4. The minimum absolute atomic E-state index is 0.0511. The van der Waals surface area contributed by atoms with E-state index in [1.165, 1.54) is 17.7 Å². The highest BCUT2D eigenvalue weighted by atomic mass is 19.1. The van der Waals surface area contributed by atoms with Crippen molar-refractivity contribution in [2.24, 2.45) is 0 Å². The molecule has 1 unspecified atom stereocenters. The molecule has 7 heteroatoms. The van der Waals surface area contributed by atoms with Gasteiger partial charge in [0.15, 0.2) is 0 Å². The first-order chi connectivity index (χ1) is 14.4. The number of amides is 1. The predicted octanol–water partition coefficient (Wildman–Crippen LogP) is 4.01. The maximum Gasteiger partial charge on any atom is 0.254 e. The van der Waals surface area contributed by atoms with Gasteiger partial charge in [0.25, 0.3) is 5.91 Å². The molecule has 0 spiro atoms. The number of aromatic nitrogens is 2. The highest BCUT2D eigenvalue weighted by Gasteiger charge is 2.28. The van der Waals surface area contributed by atoms with Crippen molar-refractivity contribution in [3.05, 3.63) is 70.9 Å². The number of hydrogen-bond acceptors (Lipinski definition) is 5. The van der Waals surface area contributed by atoms with E-state index in [1.54, 1.807) is 11.0 Å². The van der Waals surface area contributed by atoms with E-state index < -0.39 is 5.82 Å². The van der Waals surface area contributed by atoms with Crippen LogP contribution in [-0.4, -0.2) is 52.0 Å². The van der Waals surface area contributed by atoms with Gasteiger partial charge in [-0.2, -0.15) is 4.98 Å². The molecule has 1 saturated heterocycles. The van der Waals surface area contributed by atoms with Crippen LogP contribution in [0.1, 0.15) is 40.3 Å². The molecule has 3 aromatic rings. The molecule has 1 atom stereocenters. The molecule has 156 valence electrons. The van der Waals surface area contributed by atoms with Gasteiger partial charge < -0.3 is 9.42 Å². The zero-order valence-corrected chi connectivity index (χ0v) is 17.4. The van der Waals surface area contributed by atoms with Crippen LogP contribution in [0.2, 0.25) is 0 Å². The predicted molar refractivity (Wildman–Crippen MR) is 111 cm³/mol. The van der Waals surface area contributed by atoms with Crippen LogP contribution in [0.15, 0.2) is 47.0 Å². The molecule has 6 nitrogen and oxygen atoms in total. The fourth-order valence-corrected chi connectivity index (χ4v) is 3.69. The van der Waals surface area contributed by atoms with Gasteiger partial charge in [-0.15, -0.1) is 0 Å². The average molecular weight is 408 g/mol. The van der Waals surface area contributed by atoms with Crippen LogP contribution in [0.4, 0.5) is 4.39 Å². The summed E-state index contributed by atoms with van der Waals surface area (Å²) >= 11 is 0. The number of carbonyl (C=O) groups excluding carboxylic acids is 1. The van der Waals surface area contributed by atoms with Gasteiger partial charge >= 0.3 is 0 Å². The quantitative estimate of drug-likeness (QED) is 0.653. The highest BCUT2D eigenvalue weighted by molar-refractivity contribution is 5.95. The van der Waals surface area contributed by atoms with Crippen molar-refractivity contribution in [2.45, 2.75) is 26.8 Å². The van der Waals surface area contributed by atoms with Crippen molar-refractivity contribution in [2.75, 3.05) is 26.2 Å². The van der Waals surface area contributed by atoms with E-state index in [0.29, 0.717) is 43.5 Å². The van der Waals surface area contributed by atoms with Crippen LogP contribution < -0.4 is 0 Å². The Morgan fingerprint density at radius 2 is 1.77 bits per heavy atom. The second-order valence-electron chi connectivity index (χ2n) is 7.79. The molecule has 0 bridgehead atoms. The Balaban J connectivity index is 1.40. The molecular weight excluding hydrogens is 383 g/mol. The van der Waals surface area contributed by atoms with Gasteiger partial charge in [-0.3, -0.25) is 9.69 Å². The van der Waals surface area contributed by atoms with Crippen LogP contribution in [0, 0.1) is 19.7 Å². The van der Waals surface area contributed by atoms with Crippen molar-refractivity contribution in [1.29, 1.82) is 0 Å². The minimum Gasteiger partial charge on any atom is -0.337 e. The van der Waals surface area contributed by atoms with E-state index in [4.69, 9.17) is 4.52 Å². The Labute approximate surface area is 175 Å². The Kier molecular flexibility index (Phi) is 5.63. The summed E-state index contributed by atoms with van der Waals surface area (Å²) in [6.07, 6.45) is 0. The lowest BCUT2D eigenvalue weighted by molar-refractivity contribution is 0.0550. The monoisotopic (exact) mass is 408 g/mol. The minimum atomic E-state index is -0.392. The Hall–Kier alpha value is -3.06. The zero-order chi connectivity index (χ0) is 21.3. The van der Waals surface area contributed by atoms with E-state index in [-0.39, 0.29) is 11.9 Å². The Morgan fingerprint density at radius 1 is 1.07 bits per heavy atom. The van der Waals surface area contributed by atoms with E-state index in [0.717, 1.165) is 11.1 Å². The van der Waals surface area contributed by atoms with Gasteiger partial charge in [0.05, 0.1) is 6.04 Å². The molecule has 0 radical (unpaired) electrons. The molecule has 1 fully saturated rings. The van der Waals surface area contributed by atoms with Crippen LogP contribution in [0.25, 0.3) is 11.4 Å². The lowest BCUT2D eigenvalue weighted by Crippen LogP contribution is -2.49. The molecule has 2 heterocycles. The summed E-state index contributed by atoms with van der Waals surface area (Å²) in [6.45, 7) is 8.39. The molecule has 1 aromatic heterocycles. The summed E-state index contributed by atoms with van der Waals surface area (Å²) in [5.74, 6) is 0.620. The van der Waals surface area contributed by atoms with E-state index in [9.17, 15) is 9.18 Å². The molecule has 0 saturated carbocycles. The standard InChI is InChI=1S/C23H25FN4O2/c1-15-4-7-18(8-5-15)21-25-22(30-26-21)17(3)27-10-12-28(13-11-27)23(29)20-14-19(24)9-6-16(20)2/h4-9,14,17H,10-13H2,1-3H3. The molecule has 0 aliphatic carbocycles. The van der Waals surface area contributed by atoms with Gasteiger partial charge in [0.2, 0.25) is 11.7 Å². The third kappa shape index (κ3) is 4.11. The Morgan fingerprint density at radius 3 is 2.47 bits per heavy atom. The molecule has 1 amide bonds. The average Bonchev–Trinajstić information content (AvgIpc) is 3.25. The summed E-state index contributed by atoms with van der Waals surface area (Å²) in [4.78, 5) is 21.4. The number of rotatable bonds is 4. The van der Waals surface area contributed by atoms with Crippen molar-refractivity contribution < 1.29 is 13.7 Å². The second-order valence-corrected chi connectivity index (χ2v) is 7.79. The number of aryl methyl sites for hydroxylation is 2. The molecule has 0 N–H and O–H groups in total. The van der Waals surface area contributed by atoms with E-state index in [2.05, 4.69) is 15.0 Å². The normalized spacial score (nSPS) is 15.9. The molecule has 30 heavy (non-hydrogen) atoms. The SMILES string of the molecule is Cc1ccc(-c2noc(C(C)N3CCN(C(=O)c4cc(F)ccc4C)CC3)n2)cc1. The molecule has 1 aliphatic rings. The first kappa shape index (κ1) is 20.2. The van der Waals surface area contributed by atoms with Gasteiger partial charge in [0.1, 0.15) is 5.82 Å². The zero-order valence-electron chi connectivity index (χ0n) is 17.4. The van der Waals surface area contributed by atoms with Gasteiger partial charge in [-0.1, -0.05) is 41.1 Å². The number of piperazine rings is 1.